The number of aryl methyl sites for hydroxylation is 1. The molecule has 0 aliphatic carbocycles. The molecule has 2 aromatic carbocycles. The summed E-state index contributed by atoms with van der Waals surface area (Å²) in [4.78, 5) is 18.9. The van der Waals surface area contributed by atoms with Gasteiger partial charge >= 0.3 is 0 Å². The van der Waals surface area contributed by atoms with E-state index in [1.54, 1.807) is 37.3 Å². The number of nitrogens with zero attached hydrogens (tertiary/aromatic N) is 3. The van der Waals surface area contributed by atoms with E-state index >= 15 is 0 Å². The first-order chi connectivity index (χ1) is 10.5. The molecule has 2 N–H and O–H groups in total. The van der Waals surface area contributed by atoms with Crippen molar-refractivity contribution < 1.29 is 10.0 Å². The van der Waals surface area contributed by atoms with Crippen molar-refractivity contribution in [3.63, 3.8) is 0 Å². The molecule has 0 radical (unpaired) electrons. The van der Waals surface area contributed by atoms with Crippen LogP contribution in [-0.2, 0) is 0 Å². The molecule has 0 atom stereocenters. The van der Waals surface area contributed by atoms with Crippen molar-refractivity contribution in [2.45, 2.75) is 6.92 Å². The van der Waals surface area contributed by atoms with Gasteiger partial charge in [-0.3, -0.25) is 10.1 Å². The molecule has 3 aromatic rings. The Bertz CT molecular complexity index is 886. The minimum Gasteiger partial charge on any atom is -0.508 e. The minimum absolute atomic E-state index is 0. The summed E-state index contributed by atoms with van der Waals surface area (Å²) < 4.78 is 0. The summed E-state index contributed by atoms with van der Waals surface area (Å²) in [5.41, 5.74) is 1.84. The quantitative estimate of drug-likeness (QED) is 0.560. The van der Waals surface area contributed by atoms with Gasteiger partial charge in [0.2, 0.25) is 5.95 Å². The molecule has 118 valence electrons. The van der Waals surface area contributed by atoms with Gasteiger partial charge in [-0.2, -0.15) is 0 Å². The van der Waals surface area contributed by atoms with Crippen LogP contribution in [-0.4, -0.2) is 20.0 Å². The summed E-state index contributed by atoms with van der Waals surface area (Å²) in [5.74, 6) is 0.470. The van der Waals surface area contributed by atoms with Crippen molar-refractivity contribution >= 4 is 40.6 Å². The van der Waals surface area contributed by atoms with E-state index in [0.717, 1.165) is 5.56 Å². The Kier molecular flexibility index (Phi) is 4.61. The zero-order valence-corrected chi connectivity index (χ0v) is 12.9. The topological polar surface area (TPSA) is 101 Å². The van der Waals surface area contributed by atoms with Crippen LogP contribution in [0.25, 0.3) is 10.9 Å². The third kappa shape index (κ3) is 3.29. The number of aromatic hydroxyl groups is 1. The van der Waals surface area contributed by atoms with Crippen LogP contribution in [0.3, 0.4) is 0 Å². The third-order valence-electron chi connectivity index (χ3n) is 3.26. The van der Waals surface area contributed by atoms with Gasteiger partial charge in [0.1, 0.15) is 5.75 Å². The molecule has 0 saturated carbocycles. The van der Waals surface area contributed by atoms with Gasteiger partial charge in [0.05, 0.1) is 15.8 Å². The maximum absolute atomic E-state index is 11.0. The van der Waals surface area contributed by atoms with Crippen molar-refractivity contribution in [2.75, 3.05) is 5.32 Å². The number of halogens is 1. The SMILES string of the molecule is Cc1ccc(Nc2ncc3c([N+](=O)[O-])cccc3n2)cc1O.Cl. The zero-order valence-electron chi connectivity index (χ0n) is 12.1. The number of phenolic OH excluding ortho intramolecular Hbond substituents is 1. The number of hydrogen-bond donors (Lipinski definition) is 2. The van der Waals surface area contributed by atoms with Crippen LogP contribution in [0.5, 0.6) is 5.75 Å². The predicted molar refractivity (Wildman–Crippen MR) is 89.6 cm³/mol. The number of nitro groups is 1. The number of anilines is 2. The molecule has 8 heteroatoms. The van der Waals surface area contributed by atoms with Gasteiger partial charge in [-0.15, -0.1) is 12.4 Å². The molecule has 0 spiro atoms. The van der Waals surface area contributed by atoms with E-state index < -0.39 is 4.92 Å². The smallest absolute Gasteiger partial charge is 0.280 e. The highest BCUT2D eigenvalue weighted by atomic mass is 35.5. The maximum atomic E-state index is 11.0. The molecule has 23 heavy (non-hydrogen) atoms. The van der Waals surface area contributed by atoms with Crippen molar-refractivity contribution in [3.05, 3.63) is 58.3 Å². The highest BCUT2D eigenvalue weighted by Gasteiger charge is 2.13. The Labute approximate surface area is 137 Å². The van der Waals surface area contributed by atoms with Crippen molar-refractivity contribution in [3.8, 4) is 5.75 Å². The number of nitrogens with one attached hydrogen (secondary N) is 1. The molecule has 0 unspecified atom stereocenters. The lowest BCUT2D eigenvalue weighted by Gasteiger charge is -2.07. The average Bonchev–Trinajstić information content (AvgIpc) is 2.50. The molecule has 0 bridgehead atoms. The molecule has 0 aliphatic rings. The fraction of sp³-hybridized carbons (Fsp3) is 0.0667. The first-order valence-electron chi connectivity index (χ1n) is 6.51. The number of phenols is 1. The Morgan fingerprint density at radius 3 is 2.74 bits per heavy atom. The molecule has 1 aromatic heterocycles. The summed E-state index contributed by atoms with van der Waals surface area (Å²) in [6, 6.07) is 9.80. The molecule has 3 rings (SSSR count). The van der Waals surface area contributed by atoms with Crippen LogP contribution >= 0.6 is 12.4 Å². The van der Waals surface area contributed by atoms with Gasteiger partial charge in [0, 0.05) is 24.0 Å². The van der Waals surface area contributed by atoms with E-state index in [1.807, 2.05) is 0 Å². The lowest BCUT2D eigenvalue weighted by Crippen LogP contribution is -1.98. The Morgan fingerprint density at radius 2 is 2.04 bits per heavy atom. The van der Waals surface area contributed by atoms with Gasteiger partial charge in [-0.25, -0.2) is 9.97 Å². The summed E-state index contributed by atoms with van der Waals surface area (Å²) in [6.45, 7) is 1.80. The van der Waals surface area contributed by atoms with Gasteiger partial charge < -0.3 is 10.4 Å². The van der Waals surface area contributed by atoms with Crippen LogP contribution < -0.4 is 5.32 Å². The minimum atomic E-state index is -0.462. The van der Waals surface area contributed by atoms with Crippen LogP contribution in [0.2, 0.25) is 0 Å². The highest BCUT2D eigenvalue weighted by Crippen LogP contribution is 2.26. The van der Waals surface area contributed by atoms with Gasteiger partial charge in [-0.1, -0.05) is 12.1 Å². The number of non-ortho nitro benzene ring substituents is 1. The van der Waals surface area contributed by atoms with E-state index in [0.29, 0.717) is 22.5 Å². The van der Waals surface area contributed by atoms with Crippen molar-refractivity contribution in [1.29, 1.82) is 0 Å². The van der Waals surface area contributed by atoms with Crippen LogP contribution in [0.4, 0.5) is 17.3 Å². The van der Waals surface area contributed by atoms with Crippen LogP contribution in [0.1, 0.15) is 5.56 Å². The molecular formula is C15H13ClN4O3. The molecule has 0 aliphatic heterocycles. The maximum Gasteiger partial charge on any atom is 0.280 e. The second-order valence-corrected chi connectivity index (χ2v) is 4.79. The largest absolute Gasteiger partial charge is 0.508 e. The number of benzene rings is 2. The van der Waals surface area contributed by atoms with E-state index in [9.17, 15) is 15.2 Å². The number of rotatable bonds is 3. The van der Waals surface area contributed by atoms with E-state index in [4.69, 9.17) is 0 Å². The van der Waals surface area contributed by atoms with Crippen molar-refractivity contribution in [2.24, 2.45) is 0 Å². The Balaban J connectivity index is 0.00000192. The Morgan fingerprint density at radius 1 is 1.26 bits per heavy atom. The first kappa shape index (κ1) is 16.4. The summed E-state index contributed by atoms with van der Waals surface area (Å²) >= 11 is 0. The van der Waals surface area contributed by atoms with E-state index in [-0.39, 0.29) is 23.8 Å². The monoisotopic (exact) mass is 332 g/mol. The lowest BCUT2D eigenvalue weighted by atomic mass is 10.2. The van der Waals surface area contributed by atoms with E-state index in [2.05, 4.69) is 15.3 Å². The Hall–Kier alpha value is -2.93. The molecule has 0 amide bonds. The molecule has 1 heterocycles. The number of fused-ring (bicyclic) bond motifs is 1. The second kappa shape index (κ2) is 6.45. The summed E-state index contributed by atoms with van der Waals surface area (Å²) in [6.07, 6.45) is 1.41. The summed E-state index contributed by atoms with van der Waals surface area (Å²) in [5, 5.41) is 24.0. The summed E-state index contributed by atoms with van der Waals surface area (Å²) in [7, 11) is 0. The van der Waals surface area contributed by atoms with Crippen molar-refractivity contribution in [1.82, 2.24) is 9.97 Å². The number of aromatic nitrogens is 2. The average molecular weight is 333 g/mol. The normalized spacial score (nSPS) is 10.1. The molecule has 0 saturated heterocycles. The van der Waals surface area contributed by atoms with Crippen LogP contribution in [0, 0.1) is 17.0 Å². The predicted octanol–water partition coefficient (Wildman–Crippen LogP) is 3.72. The van der Waals surface area contributed by atoms with Gasteiger partial charge in [0.15, 0.2) is 0 Å². The molecule has 0 fully saturated rings. The first-order valence-corrected chi connectivity index (χ1v) is 6.51. The molecular weight excluding hydrogens is 320 g/mol. The fourth-order valence-electron chi connectivity index (χ4n) is 2.08. The number of hydrogen-bond acceptors (Lipinski definition) is 6. The van der Waals surface area contributed by atoms with Gasteiger partial charge in [0.25, 0.3) is 5.69 Å². The number of nitro benzene ring substituents is 1. The van der Waals surface area contributed by atoms with Crippen LogP contribution in [0.15, 0.2) is 42.6 Å². The lowest BCUT2D eigenvalue weighted by molar-refractivity contribution is -0.383. The van der Waals surface area contributed by atoms with Gasteiger partial charge in [-0.05, 0) is 24.6 Å². The zero-order chi connectivity index (χ0) is 15.7. The third-order valence-corrected chi connectivity index (χ3v) is 3.26. The molecule has 7 nitrogen and oxygen atoms in total. The highest BCUT2D eigenvalue weighted by molar-refractivity contribution is 5.88. The second-order valence-electron chi connectivity index (χ2n) is 4.79. The van der Waals surface area contributed by atoms with E-state index in [1.165, 1.54) is 12.3 Å². The standard InChI is InChI=1S/C15H12N4O3.ClH/c1-9-5-6-10(7-14(9)20)17-15-16-8-11-12(18-15)3-2-4-13(11)19(21)22;/h2-8,20H,1H3,(H,16,17,18);1H. The fourth-order valence-corrected chi connectivity index (χ4v) is 2.08.